The van der Waals surface area contributed by atoms with E-state index in [0.717, 1.165) is 19.3 Å². The molecule has 1 heterocycles. The Hall–Kier alpha value is -1.91. The second-order valence-electron chi connectivity index (χ2n) is 5.06. The molecule has 1 saturated heterocycles. The third-order valence-electron chi connectivity index (χ3n) is 3.66. The van der Waals surface area contributed by atoms with Gasteiger partial charge in [-0.25, -0.2) is 9.18 Å². The van der Waals surface area contributed by atoms with E-state index in [-0.39, 0.29) is 12.3 Å². The molecule has 1 unspecified atom stereocenters. The highest BCUT2D eigenvalue weighted by Gasteiger charge is 2.30. The van der Waals surface area contributed by atoms with Crippen molar-refractivity contribution in [2.24, 2.45) is 0 Å². The minimum Gasteiger partial charge on any atom is -0.480 e. The average Bonchev–Trinajstić information content (AvgIpc) is 2.67. The van der Waals surface area contributed by atoms with Gasteiger partial charge in [0.25, 0.3) is 0 Å². The highest BCUT2D eigenvalue weighted by atomic mass is 19.1. The summed E-state index contributed by atoms with van der Waals surface area (Å²) < 4.78 is 13.6. The van der Waals surface area contributed by atoms with Gasteiger partial charge in [-0.1, -0.05) is 31.0 Å². The number of halogens is 1. The minimum absolute atomic E-state index is 0.0869. The summed E-state index contributed by atoms with van der Waals surface area (Å²) >= 11 is 0. The van der Waals surface area contributed by atoms with Crippen LogP contribution in [-0.4, -0.2) is 34.5 Å². The van der Waals surface area contributed by atoms with Gasteiger partial charge in [0.15, 0.2) is 0 Å². The fourth-order valence-electron chi connectivity index (χ4n) is 2.57. The average molecular weight is 279 g/mol. The molecule has 108 valence electrons. The molecule has 0 bridgehead atoms. The van der Waals surface area contributed by atoms with Crippen LogP contribution >= 0.6 is 0 Å². The first-order chi connectivity index (χ1) is 9.59. The summed E-state index contributed by atoms with van der Waals surface area (Å²) in [6.07, 6.45) is 2.91. The molecule has 1 amide bonds. The van der Waals surface area contributed by atoms with Crippen molar-refractivity contribution in [1.82, 2.24) is 4.90 Å². The van der Waals surface area contributed by atoms with Crippen LogP contribution in [0.2, 0.25) is 0 Å². The lowest BCUT2D eigenvalue weighted by Gasteiger charge is -2.27. The van der Waals surface area contributed by atoms with Crippen molar-refractivity contribution in [2.75, 3.05) is 6.54 Å². The number of likely N-dealkylation sites (tertiary alicyclic amines) is 1. The van der Waals surface area contributed by atoms with Gasteiger partial charge in [0, 0.05) is 6.54 Å². The SMILES string of the molecule is O=C(O)C1CCCCCN1C(=O)Cc1ccccc1F. The molecule has 1 atom stereocenters. The molecule has 1 aliphatic heterocycles. The summed E-state index contributed by atoms with van der Waals surface area (Å²) in [4.78, 5) is 24.9. The van der Waals surface area contributed by atoms with Gasteiger partial charge in [0.1, 0.15) is 11.9 Å². The maximum absolute atomic E-state index is 13.6. The van der Waals surface area contributed by atoms with E-state index in [4.69, 9.17) is 0 Å². The molecule has 20 heavy (non-hydrogen) atoms. The number of carboxylic acids is 1. The maximum atomic E-state index is 13.6. The number of hydrogen-bond donors (Lipinski definition) is 1. The van der Waals surface area contributed by atoms with Crippen LogP contribution in [0, 0.1) is 5.82 Å². The first kappa shape index (κ1) is 14.5. The van der Waals surface area contributed by atoms with Crippen LogP contribution in [0.5, 0.6) is 0 Å². The highest BCUT2D eigenvalue weighted by molar-refractivity contribution is 5.85. The van der Waals surface area contributed by atoms with Crippen molar-refractivity contribution in [2.45, 2.75) is 38.1 Å². The summed E-state index contributed by atoms with van der Waals surface area (Å²) in [6.45, 7) is 0.435. The summed E-state index contributed by atoms with van der Waals surface area (Å²) in [7, 11) is 0. The number of benzene rings is 1. The number of amides is 1. The molecule has 0 aliphatic carbocycles. The number of aliphatic carboxylic acids is 1. The van der Waals surface area contributed by atoms with E-state index >= 15 is 0 Å². The van der Waals surface area contributed by atoms with Crippen LogP contribution in [0.1, 0.15) is 31.2 Å². The molecule has 1 N–H and O–H groups in total. The van der Waals surface area contributed by atoms with Crippen molar-refractivity contribution < 1.29 is 19.1 Å². The van der Waals surface area contributed by atoms with Gasteiger partial charge in [-0.05, 0) is 24.5 Å². The van der Waals surface area contributed by atoms with Crippen molar-refractivity contribution in [3.05, 3.63) is 35.6 Å². The lowest BCUT2D eigenvalue weighted by atomic mass is 10.1. The molecular weight excluding hydrogens is 261 g/mol. The number of carbonyl (C=O) groups is 2. The van der Waals surface area contributed by atoms with E-state index in [0.29, 0.717) is 18.5 Å². The molecule has 1 aromatic rings. The summed E-state index contributed by atoms with van der Waals surface area (Å²) in [5.74, 6) is -1.72. The number of carbonyl (C=O) groups excluding carboxylic acids is 1. The standard InChI is InChI=1S/C15H18FNO3/c16-12-7-4-3-6-11(12)10-14(18)17-9-5-1-2-8-13(17)15(19)20/h3-4,6-7,13H,1-2,5,8-10H2,(H,19,20). The fraction of sp³-hybridized carbons (Fsp3) is 0.467. The first-order valence-corrected chi connectivity index (χ1v) is 6.85. The Bertz CT molecular complexity index is 504. The third kappa shape index (κ3) is 3.35. The highest BCUT2D eigenvalue weighted by Crippen LogP contribution is 2.19. The molecule has 1 fully saturated rings. The summed E-state index contributed by atoms with van der Waals surface area (Å²) in [5.41, 5.74) is 0.311. The molecule has 2 rings (SSSR count). The molecule has 0 radical (unpaired) electrons. The van der Waals surface area contributed by atoms with Gasteiger partial charge in [0.05, 0.1) is 6.42 Å². The second-order valence-corrected chi connectivity index (χ2v) is 5.06. The smallest absolute Gasteiger partial charge is 0.326 e. The molecule has 0 spiro atoms. The van der Waals surface area contributed by atoms with Gasteiger partial charge < -0.3 is 10.0 Å². The monoisotopic (exact) mass is 279 g/mol. The van der Waals surface area contributed by atoms with Gasteiger partial charge in [0.2, 0.25) is 5.91 Å². The van der Waals surface area contributed by atoms with E-state index < -0.39 is 17.8 Å². The third-order valence-corrected chi connectivity index (χ3v) is 3.66. The lowest BCUT2D eigenvalue weighted by molar-refractivity contribution is -0.150. The van der Waals surface area contributed by atoms with Crippen molar-refractivity contribution >= 4 is 11.9 Å². The maximum Gasteiger partial charge on any atom is 0.326 e. The number of rotatable bonds is 3. The zero-order chi connectivity index (χ0) is 14.5. The van der Waals surface area contributed by atoms with Crippen LogP contribution in [0.25, 0.3) is 0 Å². The molecule has 4 nitrogen and oxygen atoms in total. The quantitative estimate of drug-likeness (QED) is 0.923. The molecule has 1 aliphatic rings. The Morgan fingerprint density at radius 3 is 2.70 bits per heavy atom. The Morgan fingerprint density at radius 1 is 1.25 bits per heavy atom. The Balaban J connectivity index is 2.13. The van der Waals surface area contributed by atoms with Crippen molar-refractivity contribution in [3.63, 3.8) is 0 Å². The second kappa shape index (κ2) is 6.50. The lowest BCUT2D eigenvalue weighted by Crippen LogP contribution is -2.45. The van der Waals surface area contributed by atoms with Crippen LogP contribution in [-0.2, 0) is 16.0 Å². The zero-order valence-corrected chi connectivity index (χ0v) is 11.2. The summed E-state index contributed by atoms with van der Waals surface area (Å²) in [5, 5.41) is 9.24. The summed E-state index contributed by atoms with van der Waals surface area (Å²) in [6, 6.07) is 5.32. The fourth-order valence-corrected chi connectivity index (χ4v) is 2.57. The van der Waals surface area contributed by atoms with Crippen LogP contribution in [0.15, 0.2) is 24.3 Å². The molecule has 1 aromatic carbocycles. The van der Waals surface area contributed by atoms with E-state index in [1.807, 2.05) is 0 Å². The molecule has 0 aromatic heterocycles. The van der Waals surface area contributed by atoms with Crippen molar-refractivity contribution in [3.8, 4) is 0 Å². The Morgan fingerprint density at radius 2 is 2.00 bits per heavy atom. The molecule has 0 saturated carbocycles. The van der Waals surface area contributed by atoms with Crippen LogP contribution in [0.4, 0.5) is 4.39 Å². The van der Waals surface area contributed by atoms with E-state index in [1.54, 1.807) is 18.2 Å². The zero-order valence-electron chi connectivity index (χ0n) is 11.2. The number of hydrogen-bond acceptors (Lipinski definition) is 2. The van der Waals surface area contributed by atoms with E-state index in [9.17, 15) is 19.1 Å². The van der Waals surface area contributed by atoms with Crippen molar-refractivity contribution in [1.29, 1.82) is 0 Å². The largest absolute Gasteiger partial charge is 0.480 e. The Labute approximate surface area is 117 Å². The van der Waals surface area contributed by atoms with Gasteiger partial charge in [-0.15, -0.1) is 0 Å². The van der Waals surface area contributed by atoms with E-state index in [2.05, 4.69) is 0 Å². The van der Waals surface area contributed by atoms with Gasteiger partial charge in [-0.2, -0.15) is 0 Å². The van der Waals surface area contributed by atoms with Gasteiger partial charge >= 0.3 is 5.97 Å². The van der Waals surface area contributed by atoms with Gasteiger partial charge in [-0.3, -0.25) is 4.79 Å². The normalized spacial score (nSPS) is 19.4. The predicted octanol–water partition coefficient (Wildman–Crippen LogP) is 2.22. The number of nitrogens with zero attached hydrogens (tertiary/aromatic N) is 1. The first-order valence-electron chi connectivity index (χ1n) is 6.85. The molecule has 5 heteroatoms. The predicted molar refractivity (Wildman–Crippen MR) is 71.7 cm³/mol. The minimum atomic E-state index is -0.978. The van der Waals surface area contributed by atoms with Crippen LogP contribution in [0.3, 0.4) is 0 Å². The molecular formula is C15H18FNO3. The van der Waals surface area contributed by atoms with Crippen LogP contribution < -0.4 is 0 Å². The Kier molecular flexibility index (Phi) is 4.71. The van der Waals surface area contributed by atoms with E-state index in [1.165, 1.54) is 11.0 Å². The topological polar surface area (TPSA) is 57.6 Å². The number of carboxylic acid groups (broad SMARTS) is 1.